The van der Waals surface area contributed by atoms with Gasteiger partial charge in [-0.3, -0.25) is 4.79 Å². The lowest BCUT2D eigenvalue weighted by Gasteiger charge is -2.20. The number of hydrogen-bond donors (Lipinski definition) is 0. The minimum absolute atomic E-state index is 0.0147. The molecule has 9 nitrogen and oxygen atoms in total. The van der Waals surface area contributed by atoms with Crippen LogP contribution in [0.25, 0.3) is 10.2 Å². The van der Waals surface area contributed by atoms with E-state index in [4.69, 9.17) is 15.3 Å². The Morgan fingerprint density at radius 2 is 1.81 bits per heavy atom. The van der Waals surface area contributed by atoms with Crippen LogP contribution in [0, 0.1) is 28.5 Å². The van der Waals surface area contributed by atoms with Crippen molar-refractivity contribution < 1.29 is 22.3 Å². The normalized spacial score (nSPS) is 12.1. The van der Waals surface area contributed by atoms with Gasteiger partial charge in [0, 0.05) is 44.6 Å². The Labute approximate surface area is 212 Å². The first kappa shape index (κ1) is 27.2. The summed E-state index contributed by atoms with van der Waals surface area (Å²) in [4.78, 5) is 17.3. The molecule has 1 aromatic heterocycles. The molecule has 188 valence electrons. The number of sulfonamides is 1. The molecule has 0 N–H and O–H groups in total. The molecule has 0 atom stereocenters. The summed E-state index contributed by atoms with van der Waals surface area (Å²) >= 11 is 1.17. The van der Waals surface area contributed by atoms with Gasteiger partial charge in [0.1, 0.15) is 5.82 Å². The third kappa shape index (κ3) is 6.22. The van der Waals surface area contributed by atoms with Crippen LogP contribution in [0.3, 0.4) is 0 Å². The Morgan fingerprint density at radius 3 is 2.42 bits per heavy atom. The molecule has 1 amide bonds. The van der Waals surface area contributed by atoms with E-state index < -0.39 is 21.7 Å². The van der Waals surface area contributed by atoms with Crippen LogP contribution in [-0.4, -0.2) is 49.5 Å². The summed E-state index contributed by atoms with van der Waals surface area (Å²) in [6.45, 7) is 2.89. The van der Waals surface area contributed by atoms with Crippen LogP contribution in [0.4, 0.5) is 4.39 Å². The van der Waals surface area contributed by atoms with E-state index in [0.717, 1.165) is 4.31 Å². The summed E-state index contributed by atoms with van der Waals surface area (Å²) in [7, 11) is -3.96. The van der Waals surface area contributed by atoms with Gasteiger partial charge in [0.25, 0.3) is 5.91 Å². The number of aromatic nitrogens is 1. The van der Waals surface area contributed by atoms with Crippen LogP contribution in [0.1, 0.15) is 30.1 Å². The van der Waals surface area contributed by atoms with E-state index in [2.05, 4.69) is 4.99 Å². The van der Waals surface area contributed by atoms with Crippen molar-refractivity contribution in [1.82, 2.24) is 8.87 Å². The average Bonchev–Trinajstić information content (AvgIpc) is 3.22. The number of benzene rings is 2. The molecule has 0 saturated carbocycles. The van der Waals surface area contributed by atoms with Gasteiger partial charge in [-0.15, -0.1) is 0 Å². The van der Waals surface area contributed by atoms with Gasteiger partial charge in [-0.2, -0.15) is 19.8 Å². The monoisotopic (exact) mass is 529 g/mol. The fourth-order valence-electron chi connectivity index (χ4n) is 3.45. The van der Waals surface area contributed by atoms with E-state index in [1.165, 1.54) is 41.7 Å². The zero-order chi connectivity index (χ0) is 26.1. The standard InChI is InChI=1S/C24H24FN5O4S2/c1-2-34-17-16-30-22-20(25)6-3-7-21(22)35-24(30)28-23(31)18-8-10-19(11-9-18)36(32,33)29(14-4-12-26)15-5-13-27/h3,6-11H,2,4-5,14-17H2,1H3. The summed E-state index contributed by atoms with van der Waals surface area (Å²) < 4.78 is 49.2. The van der Waals surface area contributed by atoms with Gasteiger partial charge in [-0.1, -0.05) is 17.4 Å². The topological polar surface area (TPSA) is 129 Å². The quantitative estimate of drug-likeness (QED) is 0.350. The Bertz CT molecular complexity index is 1460. The van der Waals surface area contributed by atoms with Crippen molar-refractivity contribution in [2.24, 2.45) is 4.99 Å². The summed E-state index contributed by atoms with van der Waals surface area (Å²) in [5.74, 6) is -1.04. The summed E-state index contributed by atoms with van der Waals surface area (Å²) in [6.07, 6.45) is -0.0294. The predicted octanol–water partition coefficient (Wildman–Crippen LogP) is 3.44. The lowest BCUT2D eigenvalue weighted by atomic mass is 10.2. The molecule has 0 fully saturated rings. The highest BCUT2D eigenvalue weighted by Gasteiger charge is 2.24. The molecule has 0 unspecified atom stereocenters. The summed E-state index contributed by atoms with van der Waals surface area (Å²) in [5, 5.41) is 17.6. The number of thiazole rings is 1. The Morgan fingerprint density at radius 1 is 1.14 bits per heavy atom. The number of nitrogens with zero attached hydrogens (tertiary/aromatic N) is 5. The molecule has 12 heteroatoms. The van der Waals surface area contributed by atoms with E-state index in [0.29, 0.717) is 34.8 Å². The Kier molecular flexibility index (Phi) is 9.44. The lowest BCUT2D eigenvalue weighted by Crippen LogP contribution is -2.32. The molecule has 36 heavy (non-hydrogen) atoms. The van der Waals surface area contributed by atoms with Crippen molar-refractivity contribution in [3.05, 3.63) is 58.6 Å². The van der Waals surface area contributed by atoms with Crippen LogP contribution in [0.2, 0.25) is 0 Å². The second-order valence-electron chi connectivity index (χ2n) is 7.48. The molecule has 1 heterocycles. The number of hydrogen-bond acceptors (Lipinski definition) is 7. The van der Waals surface area contributed by atoms with Gasteiger partial charge < -0.3 is 9.30 Å². The van der Waals surface area contributed by atoms with E-state index in [-0.39, 0.29) is 36.4 Å². The van der Waals surface area contributed by atoms with Crippen LogP contribution >= 0.6 is 11.3 Å². The maximum absolute atomic E-state index is 14.5. The first-order valence-electron chi connectivity index (χ1n) is 11.1. The fraction of sp³-hybridized carbons (Fsp3) is 0.333. The smallest absolute Gasteiger partial charge is 0.279 e. The van der Waals surface area contributed by atoms with Crippen molar-refractivity contribution >= 4 is 37.5 Å². The molecule has 0 saturated heterocycles. The summed E-state index contributed by atoms with van der Waals surface area (Å²) in [6, 6.07) is 13.8. The maximum Gasteiger partial charge on any atom is 0.279 e. The number of fused-ring (bicyclic) bond motifs is 1. The largest absolute Gasteiger partial charge is 0.380 e. The van der Waals surface area contributed by atoms with Crippen LogP contribution in [0.5, 0.6) is 0 Å². The number of ether oxygens (including phenoxy) is 1. The number of amides is 1. The highest BCUT2D eigenvalue weighted by molar-refractivity contribution is 7.89. The Hall–Kier alpha value is -3.42. The van der Waals surface area contributed by atoms with Gasteiger partial charge in [0.2, 0.25) is 10.0 Å². The van der Waals surface area contributed by atoms with Crippen molar-refractivity contribution in [2.45, 2.75) is 31.2 Å². The van der Waals surface area contributed by atoms with Crippen molar-refractivity contribution in [2.75, 3.05) is 26.3 Å². The average molecular weight is 530 g/mol. The Balaban J connectivity index is 1.93. The number of rotatable bonds is 11. The van der Waals surface area contributed by atoms with Gasteiger partial charge in [0.05, 0.1) is 33.9 Å². The van der Waals surface area contributed by atoms with Crippen molar-refractivity contribution in [1.29, 1.82) is 10.5 Å². The minimum atomic E-state index is -3.96. The molecule has 3 rings (SSSR count). The molecular weight excluding hydrogens is 505 g/mol. The van der Waals surface area contributed by atoms with E-state index in [1.807, 2.05) is 19.1 Å². The fourth-order valence-corrected chi connectivity index (χ4v) is 5.96. The molecule has 0 aliphatic rings. The number of carbonyl (C=O) groups is 1. The molecule has 0 radical (unpaired) electrons. The number of nitriles is 2. The molecular formula is C24H24FN5O4S2. The zero-order valence-corrected chi connectivity index (χ0v) is 21.2. The molecule has 0 aliphatic carbocycles. The van der Waals surface area contributed by atoms with Crippen LogP contribution in [-0.2, 0) is 21.3 Å². The third-order valence-electron chi connectivity index (χ3n) is 5.20. The molecule has 3 aromatic rings. The highest BCUT2D eigenvalue weighted by Crippen LogP contribution is 2.21. The maximum atomic E-state index is 14.5. The van der Waals surface area contributed by atoms with Gasteiger partial charge in [0.15, 0.2) is 4.80 Å². The molecule has 0 spiro atoms. The van der Waals surface area contributed by atoms with Crippen LogP contribution in [0.15, 0.2) is 52.4 Å². The van der Waals surface area contributed by atoms with E-state index in [1.54, 1.807) is 16.7 Å². The van der Waals surface area contributed by atoms with Crippen LogP contribution < -0.4 is 4.80 Å². The number of halogens is 1. The highest BCUT2D eigenvalue weighted by atomic mass is 32.2. The van der Waals surface area contributed by atoms with E-state index in [9.17, 15) is 17.6 Å². The summed E-state index contributed by atoms with van der Waals surface area (Å²) in [5.41, 5.74) is 0.494. The number of para-hydroxylation sites is 1. The van der Waals surface area contributed by atoms with Gasteiger partial charge in [-0.05, 0) is 43.3 Å². The van der Waals surface area contributed by atoms with E-state index >= 15 is 0 Å². The van der Waals surface area contributed by atoms with Gasteiger partial charge >= 0.3 is 0 Å². The first-order chi connectivity index (χ1) is 17.3. The molecule has 0 aliphatic heterocycles. The van der Waals surface area contributed by atoms with Gasteiger partial charge in [-0.25, -0.2) is 12.8 Å². The second-order valence-corrected chi connectivity index (χ2v) is 10.4. The van der Waals surface area contributed by atoms with Crippen molar-refractivity contribution in [3.8, 4) is 12.1 Å². The second kappa shape index (κ2) is 12.5. The lowest BCUT2D eigenvalue weighted by molar-refractivity contribution is 0.0996. The SMILES string of the molecule is CCOCCn1c(=NC(=O)c2ccc(S(=O)(=O)N(CCC#N)CCC#N)cc2)sc2cccc(F)c21. The molecule has 2 aromatic carbocycles. The predicted molar refractivity (Wildman–Crippen MR) is 132 cm³/mol. The zero-order valence-electron chi connectivity index (χ0n) is 19.6. The molecule has 0 bridgehead atoms. The number of carbonyl (C=O) groups excluding carboxylic acids is 1. The minimum Gasteiger partial charge on any atom is -0.380 e. The van der Waals surface area contributed by atoms with Crippen molar-refractivity contribution in [3.63, 3.8) is 0 Å². The third-order valence-corrected chi connectivity index (χ3v) is 8.15. The first-order valence-corrected chi connectivity index (χ1v) is 13.4.